The van der Waals surface area contributed by atoms with Crippen LogP contribution in [0, 0.1) is 17.0 Å². The summed E-state index contributed by atoms with van der Waals surface area (Å²) in [5, 5.41) is 20.2. The van der Waals surface area contributed by atoms with E-state index in [-0.39, 0.29) is 16.8 Å². The maximum atomic E-state index is 11.4. The summed E-state index contributed by atoms with van der Waals surface area (Å²) in [5.41, 5.74) is 0.999. The van der Waals surface area contributed by atoms with Gasteiger partial charge in [0.05, 0.1) is 11.0 Å². The zero-order valence-electron chi connectivity index (χ0n) is 11.6. The number of anilines is 1. The first kappa shape index (κ1) is 15.5. The van der Waals surface area contributed by atoms with Crippen molar-refractivity contribution in [2.75, 3.05) is 18.6 Å². The van der Waals surface area contributed by atoms with Gasteiger partial charge in [0.15, 0.2) is 0 Å². The number of nitrogens with zero attached hydrogens (tertiary/aromatic N) is 2. The quantitative estimate of drug-likeness (QED) is 0.676. The first-order valence-corrected chi connectivity index (χ1v) is 6.69. The van der Waals surface area contributed by atoms with Gasteiger partial charge in [-0.1, -0.05) is 11.6 Å². The lowest BCUT2D eigenvalue weighted by molar-refractivity contribution is -0.384. The molecule has 1 aliphatic rings. The molecule has 1 aromatic rings. The minimum absolute atomic E-state index is 0.00870. The van der Waals surface area contributed by atoms with E-state index in [4.69, 9.17) is 16.3 Å². The van der Waals surface area contributed by atoms with Crippen LogP contribution in [0.5, 0.6) is 0 Å². The van der Waals surface area contributed by atoms with Gasteiger partial charge in [-0.25, -0.2) is 4.79 Å². The number of hydrogen-bond acceptors (Lipinski definition) is 5. The van der Waals surface area contributed by atoms with Crippen molar-refractivity contribution in [3.8, 4) is 0 Å². The number of ether oxygens (including phenoxy) is 1. The van der Waals surface area contributed by atoms with E-state index in [0.717, 1.165) is 0 Å². The molecule has 2 unspecified atom stereocenters. The summed E-state index contributed by atoms with van der Waals surface area (Å²) in [6, 6.07) is 2.07. The molecule has 0 amide bonds. The summed E-state index contributed by atoms with van der Waals surface area (Å²) < 4.78 is 5.23. The van der Waals surface area contributed by atoms with Gasteiger partial charge in [0.25, 0.3) is 5.69 Å². The van der Waals surface area contributed by atoms with E-state index < -0.39 is 16.9 Å². The standard InChI is InChI=1S/C13H15ClN2O5/c1-7-3-11(16(19)20)9(14)5-10(7)15-6-8(21-2)4-12(15)13(17)18/h3,5,8,12H,4,6H2,1-2H3,(H,17,18). The molecule has 2 rings (SSSR count). The van der Waals surface area contributed by atoms with Gasteiger partial charge >= 0.3 is 5.97 Å². The second-order valence-corrected chi connectivity index (χ2v) is 5.35. The molecule has 1 heterocycles. The number of carboxylic acid groups (broad SMARTS) is 1. The molecule has 1 N–H and O–H groups in total. The van der Waals surface area contributed by atoms with Crippen LogP contribution in [0.25, 0.3) is 0 Å². The first-order valence-electron chi connectivity index (χ1n) is 6.32. The monoisotopic (exact) mass is 314 g/mol. The molecule has 114 valence electrons. The highest BCUT2D eigenvalue weighted by Gasteiger charge is 2.38. The average molecular weight is 315 g/mol. The van der Waals surface area contributed by atoms with E-state index in [2.05, 4.69) is 0 Å². The fraction of sp³-hybridized carbons (Fsp3) is 0.462. The van der Waals surface area contributed by atoms with Crippen LogP contribution in [-0.4, -0.2) is 41.8 Å². The fourth-order valence-corrected chi connectivity index (χ4v) is 2.80. The van der Waals surface area contributed by atoms with Gasteiger partial charge in [0.1, 0.15) is 11.1 Å². The Morgan fingerprint density at radius 3 is 2.76 bits per heavy atom. The summed E-state index contributed by atoms with van der Waals surface area (Å²) >= 11 is 5.93. The molecule has 1 saturated heterocycles. The van der Waals surface area contributed by atoms with Gasteiger partial charge in [-0.3, -0.25) is 10.1 Å². The van der Waals surface area contributed by atoms with E-state index in [1.54, 1.807) is 11.8 Å². The van der Waals surface area contributed by atoms with Crippen molar-refractivity contribution in [2.24, 2.45) is 0 Å². The topological polar surface area (TPSA) is 92.9 Å². The van der Waals surface area contributed by atoms with Gasteiger partial charge < -0.3 is 14.7 Å². The summed E-state index contributed by atoms with van der Waals surface area (Å²) in [4.78, 5) is 23.4. The number of hydrogen-bond donors (Lipinski definition) is 1. The first-order chi connectivity index (χ1) is 9.85. The Hall–Kier alpha value is -1.86. The van der Waals surface area contributed by atoms with Crippen LogP contribution in [0.4, 0.5) is 11.4 Å². The van der Waals surface area contributed by atoms with Crippen molar-refractivity contribution in [2.45, 2.75) is 25.5 Å². The minimum atomic E-state index is -0.955. The maximum absolute atomic E-state index is 11.4. The van der Waals surface area contributed by atoms with Crippen molar-refractivity contribution in [3.63, 3.8) is 0 Å². The Kier molecular flexibility index (Phi) is 4.34. The molecule has 0 bridgehead atoms. The van der Waals surface area contributed by atoms with E-state index in [0.29, 0.717) is 24.2 Å². The highest BCUT2D eigenvalue weighted by Crippen LogP contribution is 2.36. The van der Waals surface area contributed by atoms with E-state index in [1.807, 2.05) is 0 Å². The molecule has 1 aromatic carbocycles. The van der Waals surface area contributed by atoms with Gasteiger partial charge in [-0.05, 0) is 18.6 Å². The van der Waals surface area contributed by atoms with Gasteiger partial charge in [0.2, 0.25) is 0 Å². The third-order valence-electron chi connectivity index (χ3n) is 3.65. The van der Waals surface area contributed by atoms with Crippen LogP contribution < -0.4 is 4.90 Å². The Balaban J connectivity index is 2.43. The molecule has 2 atom stereocenters. The summed E-state index contributed by atoms with van der Waals surface area (Å²) in [6.45, 7) is 2.10. The van der Waals surface area contributed by atoms with Gasteiger partial charge in [0, 0.05) is 31.8 Å². The second kappa shape index (κ2) is 5.87. The normalized spacial score (nSPS) is 21.6. The van der Waals surface area contributed by atoms with Crippen LogP contribution in [0.3, 0.4) is 0 Å². The predicted octanol–water partition coefficient (Wildman–Crippen LogP) is 2.23. The van der Waals surface area contributed by atoms with Crippen molar-refractivity contribution < 1.29 is 19.6 Å². The fourth-order valence-electron chi connectivity index (χ4n) is 2.57. The second-order valence-electron chi connectivity index (χ2n) is 4.95. The summed E-state index contributed by atoms with van der Waals surface area (Å²) in [6.07, 6.45) is 0.166. The van der Waals surface area contributed by atoms with E-state index >= 15 is 0 Å². The van der Waals surface area contributed by atoms with Crippen LogP contribution in [0.1, 0.15) is 12.0 Å². The van der Waals surface area contributed by atoms with Crippen LogP contribution >= 0.6 is 11.6 Å². The number of benzene rings is 1. The van der Waals surface area contributed by atoms with Crippen LogP contribution in [0.2, 0.25) is 5.02 Å². The summed E-state index contributed by atoms with van der Waals surface area (Å²) in [7, 11) is 1.53. The highest BCUT2D eigenvalue weighted by atomic mass is 35.5. The molecule has 1 fully saturated rings. The molecule has 8 heteroatoms. The molecule has 0 saturated carbocycles. The Morgan fingerprint density at radius 2 is 2.24 bits per heavy atom. The van der Waals surface area contributed by atoms with Crippen molar-refractivity contribution >= 4 is 28.9 Å². The predicted molar refractivity (Wildman–Crippen MR) is 77.0 cm³/mol. The Morgan fingerprint density at radius 1 is 1.57 bits per heavy atom. The molecule has 0 aromatic heterocycles. The average Bonchev–Trinajstić information content (AvgIpc) is 2.84. The molecule has 0 spiro atoms. The highest BCUT2D eigenvalue weighted by molar-refractivity contribution is 6.33. The number of nitro groups is 1. The zero-order chi connectivity index (χ0) is 15.7. The van der Waals surface area contributed by atoms with Crippen LogP contribution in [0.15, 0.2) is 12.1 Å². The number of carbonyl (C=O) groups is 1. The van der Waals surface area contributed by atoms with E-state index in [9.17, 15) is 20.0 Å². The van der Waals surface area contributed by atoms with Gasteiger partial charge in [-0.2, -0.15) is 0 Å². The number of aryl methyl sites for hydroxylation is 1. The number of aliphatic carboxylic acids is 1. The van der Waals surface area contributed by atoms with Crippen LogP contribution in [-0.2, 0) is 9.53 Å². The van der Waals surface area contributed by atoms with Crippen molar-refractivity contribution in [1.82, 2.24) is 0 Å². The maximum Gasteiger partial charge on any atom is 0.326 e. The van der Waals surface area contributed by atoms with Gasteiger partial charge in [-0.15, -0.1) is 0 Å². The largest absolute Gasteiger partial charge is 0.480 e. The number of carboxylic acids is 1. The van der Waals surface area contributed by atoms with Crippen molar-refractivity contribution in [3.05, 3.63) is 32.8 Å². The SMILES string of the molecule is COC1CC(C(=O)O)N(c2cc(Cl)c([N+](=O)[O-])cc2C)C1. The lowest BCUT2D eigenvalue weighted by atomic mass is 10.1. The lowest BCUT2D eigenvalue weighted by Gasteiger charge is -2.25. The lowest BCUT2D eigenvalue weighted by Crippen LogP contribution is -2.36. The number of methoxy groups -OCH3 is 1. The number of rotatable bonds is 4. The molecule has 21 heavy (non-hydrogen) atoms. The molecule has 0 radical (unpaired) electrons. The molecular weight excluding hydrogens is 300 g/mol. The van der Waals surface area contributed by atoms with E-state index in [1.165, 1.54) is 19.2 Å². The number of halogens is 1. The Bertz CT molecular complexity index is 592. The molecule has 0 aliphatic carbocycles. The van der Waals surface area contributed by atoms with Crippen molar-refractivity contribution in [1.29, 1.82) is 0 Å². The zero-order valence-corrected chi connectivity index (χ0v) is 12.3. The molecule has 7 nitrogen and oxygen atoms in total. The third-order valence-corrected chi connectivity index (χ3v) is 3.96. The minimum Gasteiger partial charge on any atom is -0.480 e. The third kappa shape index (κ3) is 2.93. The molecular formula is C13H15ClN2O5. The number of nitro benzene ring substituents is 1. The summed E-state index contributed by atoms with van der Waals surface area (Å²) in [5.74, 6) is -0.955. The Labute approximate surface area is 126 Å². The smallest absolute Gasteiger partial charge is 0.326 e. The molecule has 1 aliphatic heterocycles.